The van der Waals surface area contributed by atoms with Crippen LogP contribution in [-0.4, -0.2) is 13.2 Å². The zero-order valence-corrected chi connectivity index (χ0v) is 27.6. The average molecular weight is 674 g/mol. The molecule has 5 aliphatic rings. The van der Waals surface area contributed by atoms with Crippen molar-refractivity contribution in [3.8, 4) is 0 Å². The van der Waals surface area contributed by atoms with Crippen molar-refractivity contribution in [3.63, 3.8) is 0 Å². The smallest absolute Gasteiger partial charge is 0.0323 e. The molecule has 0 amide bonds. The minimum Gasteiger partial charge on any atom is -0.413 e. The molecule has 1 nitrogen and oxygen atoms in total. The van der Waals surface area contributed by atoms with Gasteiger partial charge in [0.25, 0.3) is 0 Å². The van der Waals surface area contributed by atoms with Crippen LogP contribution >= 0.6 is 0 Å². The summed E-state index contributed by atoms with van der Waals surface area (Å²) in [6.07, 6.45) is 19.5. The van der Waals surface area contributed by atoms with E-state index in [-0.39, 0.29) is 39.6 Å². The van der Waals surface area contributed by atoms with Crippen molar-refractivity contribution in [2.75, 3.05) is 7.11 Å². The molecule has 5 aliphatic carbocycles. The molecule has 193 valence electrons. The molecule has 0 aliphatic heterocycles. The zero-order valence-electron chi connectivity index (χ0n) is 23.3. The first-order valence-corrected chi connectivity index (χ1v) is 13.9. The van der Waals surface area contributed by atoms with Crippen molar-refractivity contribution < 1.29 is 44.4 Å². The molecular weight excluding hydrogens is 623 g/mol. The maximum atomic E-state index is 5.91. The summed E-state index contributed by atoms with van der Waals surface area (Å²) >= 11 is 0. The molecule has 0 heterocycles. The van der Waals surface area contributed by atoms with Gasteiger partial charge in [-0.3, -0.25) is 5.92 Å². The maximum absolute atomic E-state index is 5.91. The van der Waals surface area contributed by atoms with Crippen molar-refractivity contribution in [1.82, 2.24) is 0 Å². The fourth-order valence-corrected chi connectivity index (χ4v) is 10.3. The van der Waals surface area contributed by atoms with E-state index in [1.165, 1.54) is 64.2 Å². The zero-order chi connectivity index (χ0) is 23.2. The first-order valence-electron chi connectivity index (χ1n) is 13.9. The van der Waals surface area contributed by atoms with Gasteiger partial charge in [-0.2, -0.15) is 19.3 Å². The Bertz CT molecular complexity index is 792. The Morgan fingerprint density at radius 2 is 1.76 bits per heavy atom. The summed E-state index contributed by atoms with van der Waals surface area (Å²) in [6.45, 7) is 18.0. The van der Waals surface area contributed by atoms with Crippen LogP contribution in [0.3, 0.4) is 0 Å². The van der Waals surface area contributed by atoms with Crippen LogP contribution < -0.4 is 0 Å². The molecule has 34 heavy (non-hydrogen) atoms. The van der Waals surface area contributed by atoms with Gasteiger partial charge in [-0.1, -0.05) is 96.8 Å². The number of rotatable bonds is 2. The van der Waals surface area contributed by atoms with E-state index in [2.05, 4.69) is 61.0 Å². The Morgan fingerprint density at radius 1 is 1.06 bits per heavy atom. The number of ether oxygens (including phenoxy) is 1. The van der Waals surface area contributed by atoms with E-state index in [9.17, 15) is 0 Å². The summed E-state index contributed by atoms with van der Waals surface area (Å²) in [6, 6.07) is 0. The van der Waals surface area contributed by atoms with Crippen molar-refractivity contribution in [1.29, 1.82) is 0 Å². The molecule has 0 aromatic rings. The van der Waals surface area contributed by atoms with Gasteiger partial charge in [-0.15, -0.1) is 5.41 Å². The largest absolute Gasteiger partial charge is 0.413 e. The van der Waals surface area contributed by atoms with Gasteiger partial charge in [0.05, 0.1) is 0 Å². The summed E-state index contributed by atoms with van der Waals surface area (Å²) in [5.74, 6) is 3.97. The van der Waals surface area contributed by atoms with Crippen molar-refractivity contribution >= 4 is 0 Å². The third kappa shape index (κ3) is 3.90. The standard InChI is InChI=1S/C31H50O.V.W/c1-9-31-18-16-27(3,4)20-24(31)23-10-11-26-28(5)14-13-25(32-8)21(2)22(28)12-15-30(26,7)29(23,6)17-19-31;;/h10,19,22,24-26H,9,11-18,20H2,1-8H3;;/q-2;;/t22-,24?,25-,26?,28?,29+,30-,31+;;/m0../s1. The van der Waals surface area contributed by atoms with Crippen molar-refractivity contribution in [2.24, 2.45) is 44.8 Å². The van der Waals surface area contributed by atoms with Crippen LogP contribution in [-0.2, 0) is 44.4 Å². The van der Waals surface area contributed by atoms with Gasteiger partial charge in [0.2, 0.25) is 0 Å². The van der Waals surface area contributed by atoms with E-state index in [1.54, 1.807) is 5.92 Å². The summed E-state index contributed by atoms with van der Waals surface area (Å²) in [5.41, 5.74) is 4.03. The molecule has 3 heteroatoms. The predicted molar refractivity (Wildman–Crippen MR) is 135 cm³/mol. The second-order valence-electron chi connectivity index (χ2n) is 14.2. The van der Waals surface area contributed by atoms with E-state index >= 15 is 0 Å². The predicted octanol–water partition coefficient (Wildman–Crippen LogP) is 8.59. The van der Waals surface area contributed by atoms with Gasteiger partial charge < -0.3 is 11.2 Å². The summed E-state index contributed by atoms with van der Waals surface area (Å²) in [7, 11) is 1.92. The van der Waals surface area contributed by atoms with E-state index in [1.807, 2.05) is 12.7 Å². The molecule has 0 aromatic carbocycles. The van der Waals surface area contributed by atoms with Crippen LogP contribution in [0.15, 0.2) is 11.6 Å². The number of hydrogen-bond donors (Lipinski definition) is 0. The fourth-order valence-electron chi connectivity index (χ4n) is 10.3. The van der Waals surface area contributed by atoms with Gasteiger partial charge >= 0.3 is 0 Å². The minimum atomic E-state index is 0. The van der Waals surface area contributed by atoms with Crippen molar-refractivity contribution in [2.45, 2.75) is 119 Å². The Labute approximate surface area is 237 Å². The summed E-state index contributed by atoms with van der Waals surface area (Å²) < 4.78 is 5.91. The number of hydrogen-bond acceptors (Lipinski definition) is 1. The van der Waals surface area contributed by atoms with Gasteiger partial charge in [-0.25, -0.2) is 0 Å². The monoisotopic (exact) mass is 673 g/mol. The molecule has 0 spiro atoms. The average Bonchev–Trinajstić information content (AvgIpc) is 2.74. The van der Waals surface area contributed by atoms with Gasteiger partial charge in [0, 0.05) is 46.7 Å². The number of methoxy groups -OCH3 is 1. The molecule has 3 unspecified atom stereocenters. The molecule has 4 saturated carbocycles. The normalized spacial score (nSPS) is 49.7. The van der Waals surface area contributed by atoms with Crippen LogP contribution in [0.4, 0.5) is 0 Å². The van der Waals surface area contributed by atoms with E-state index in [0.717, 1.165) is 17.8 Å². The minimum absolute atomic E-state index is 0. The van der Waals surface area contributed by atoms with Crippen LogP contribution in [0.2, 0.25) is 0 Å². The second-order valence-corrected chi connectivity index (χ2v) is 14.2. The molecule has 0 aromatic heterocycles. The summed E-state index contributed by atoms with van der Waals surface area (Å²) in [4.78, 5) is 0. The Hall–Kier alpha value is 0.973. The van der Waals surface area contributed by atoms with Gasteiger partial charge in [-0.05, 0) is 53.8 Å². The van der Waals surface area contributed by atoms with E-state index < -0.39 is 0 Å². The molecule has 4 fully saturated rings. The third-order valence-electron chi connectivity index (χ3n) is 12.7. The van der Waals surface area contributed by atoms with Crippen LogP contribution in [0, 0.1) is 57.2 Å². The Kier molecular flexibility index (Phi) is 8.35. The first kappa shape index (κ1) is 29.5. The van der Waals surface area contributed by atoms with Crippen LogP contribution in [0.25, 0.3) is 0 Å². The topological polar surface area (TPSA) is 9.23 Å². The quantitative estimate of drug-likeness (QED) is 0.211. The summed E-state index contributed by atoms with van der Waals surface area (Å²) in [5, 5.41) is 0. The number of allylic oxidation sites excluding steroid dienone is 2. The molecule has 5 rings (SSSR count). The number of fused-ring (bicyclic) bond motifs is 7. The van der Waals surface area contributed by atoms with Gasteiger partial charge in [0.15, 0.2) is 0 Å². The molecule has 0 saturated heterocycles. The Balaban J connectivity index is 0.00000162. The van der Waals surface area contributed by atoms with Crippen LogP contribution in [0.1, 0.15) is 113 Å². The molecule has 1 radical (unpaired) electrons. The maximum Gasteiger partial charge on any atom is 0.0323 e. The van der Waals surface area contributed by atoms with Crippen molar-refractivity contribution in [3.05, 3.63) is 24.0 Å². The SMILES string of the molecule is CC[C@@]12[CH-]C[C@]3(C)C(=CCC4C5(C)CC[C@H](OC)[C-](C)[C@@H]5CC[C@@]43C)C1CC(C)(C)CC2.[V].[W]. The molecule has 8 atom stereocenters. The van der Waals surface area contributed by atoms with E-state index in [0.29, 0.717) is 33.2 Å². The first-order chi connectivity index (χ1) is 15.0. The third-order valence-corrected chi connectivity index (χ3v) is 12.7. The molecule has 0 bridgehead atoms. The molecular formula is C31H50OVW-2. The second kappa shape index (κ2) is 9.62. The van der Waals surface area contributed by atoms with E-state index in [4.69, 9.17) is 4.74 Å². The van der Waals surface area contributed by atoms with Crippen LogP contribution in [0.5, 0.6) is 0 Å². The van der Waals surface area contributed by atoms with Gasteiger partial charge in [0.1, 0.15) is 0 Å². The molecule has 0 N–H and O–H groups in total. The fraction of sp³-hybridized carbons (Fsp3) is 0.871. The Morgan fingerprint density at radius 3 is 2.41 bits per heavy atom.